The van der Waals surface area contributed by atoms with Crippen LogP contribution >= 0.6 is 22.6 Å². The number of hydrogen-bond acceptors (Lipinski definition) is 6. The molecule has 1 fully saturated rings. The number of aliphatic hydroxyl groups is 1. The van der Waals surface area contributed by atoms with Gasteiger partial charge in [0.1, 0.15) is 6.61 Å². The van der Waals surface area contributed by atoms with Crippen LogP contribution in [0.2, 0.25) is 0 Å². The molecule has 1 aliphatic heterocycles. The lowest BCUT2D eigenvalue weighted by Crippen LogP contribution is -2.54. The summed E-state index contributed by atoms with van der Waals surface area (Å²) in [5.74, 6) is -1.03. The van der Waals surface area contributed by atoms with Gasteiger partial charge >= 0.3 is 12.1 Å². The van der Waals surface area contributed by atoms with Crippen molar-refractivity contribution in [2.24, 2.45) is 0 Å². The third kappa shape index (κ3) is 3.47. The summed E-state index contributed by atoms with van der Waals surface area (Å²) in [5, 5.41) is 12.7. The first kappa shape index (κ1) is 15.2. The molecule has 1 saturated heterocycles. The minimum absolute atomic E-state index is 0.00642. The maximum atomic E-state index is 11.8. The van der Waals surface area contributed by atoms with Crippen LogP contribution in [0, 0.1) is 0 Å². The fourth-order valence-electron chi connectivity index (χ4n) is 1.81. The first-order chi connectivity index (χ1) is 9.52. The Morgan fingerprint density at radius 3 is 2.70 bits per heavy atom. The summed E-state index contributed by atoms with van der Waals surface area (Å²) in [7, 11) is 0. The van der Waals surface area contributed by atoms with Gasteiger partial charge in [-0.05, 0) is 18.5 Å². The second kappa shape index (κ2) is 6.51. The van der Waals surface area contributed by atoms with Crippen LogP contribution < -0.4 is 5.32 Å². The molecular weight excluding hydrogens is 377 g/mol. The van der Waals surface area contributed by atoms with Gasteiger partial charge in [-0.1, -0.05) is 52.9 Å². The highest BCUT2D eigenvalue weighted by atomic mass is 127. The fourth-order valence-corrected chi connectivity index (χ4v) is 2.59. The van der Waals surface area contributed by atoms with Gasteiger partial charge in [0.15, 0.2) is 0 Å². The topological polar surface area (TPSA) is 84.9 Å². The number of benzene rings is 1. The predicted octanol–water partition coefficient (Wildman–Crippen LogP) is 1.35. The molecule has 2 rings (SSSR count). The highest BCUT2D eigenvalue weighted by molar-refractivity contribution is 14.1. The summed E-state index contributed by atoms with van der Waals surface area (Å²) in [6.45, 7) is 0.491. The van der Waals surface area contributed by atoms with Crippen molar-refractivity contribution in [1.29, 1.82) is 0 Å². The molecule has 2 atom stereocenters. The summed E-state index contributed by atoms with van der Waals surface area (Å²) in [6.07, 6.45) is -0.504. The van der Waals surface area contributed by atoms with Crippen LogP contribution in [0.4, 0.5) is 4.79 Å². The maximum absolute atomic E-state index is 11.8. The highest BCUT2D eigenvalue weighted by Crippen LogP contribution is 2.26. The monoisotopic (exact) mass is 391 g/mol. The SMILES string of the molecule is O=C(OCc1ccccc1)OC(=O)[C@@]1(O)NCCC1I. The average Bonchev–Trinajstić information content (AvgIpc) is 2.79. The lowest BCUT2D eigenvalue weighted by atomic mass is 10.2. The van der Waals surface area contributed by atoms with Gasteiger partial charge in [0.25, 0.3) is 0 Å². The molecule has 0 bridgehead atoms. The smallest absolute Gasteiger partial charge is 0.429 e. The summed E-state index contributed by atoms with van der Waals surface area (Å²) >= 11 is 1.94. The number of rotatable bonds is 3. The molecule has 1 heterocycles. The van der Waals surface area contributed by atoms with E-state index in [4.69, 9.17) is 4.74 Å². The van der Waals surface area contributed by atoms with Gasteiger partial charge in [-0.2, -0.15) is 0 Å². The Bertz CT molecular complexity index is 495. The number of alkyl halides is 1. The van der Waals surface area contributed by atoms with Crippen molar-refractivity contribution >= 4 is 34.7 Å². The zero-order valence-corrected chi connectivity index (χ0v) is 12.7. The van der Waals surface area contributed by atoms with E-state index in [1.807, 2.05) is 28.7 Å². The van der Waals surface area contributed by atoms with E-state index in [0.29, 0.717) is 13.0 Å². The molecule has 1 unspecified atom stereocenters. The van der Waals surface area contributed by atoms with Crippen molar-refractivity contribution in [3.8, 4) is 0 Å². The molecule has 0 spiro atoms. The molecule has 0 saturated carbocycles. The third-order valence-corrected chi connectivity index (χ3v) is 4.46. The van der Waals surface area contributed by atoms with Crippen molar-refractivity contribution in [3.05, 3.63) is 35.9 Å². The zero-order valence-electron chi connectivity index (χ0n) is 10.5. The fraction of sp³-hybridized carbons (Fsp3) is 0.385. The normalized spacial score (nSPS) is 25.2. The van der Waals surface area contributed by atoms with E-state index in [9.17, 15) is 14.7 Å². The summed E-state index contributed by atoms with van der Waals surface area (Å²) < 4.78 is 8.98. The molecule has 108 valence electrons. The molecule has 0 amide bonds. The number of carbonyl (C=O) groups excluding carboxylic acids is 2. The number of hydrogen-bond donors (Lipinski definition) is 2. The number of halogens is 1. The molecule has 7 heteroatoms. The number of carbonyl (C=O) groups is 2. The van der Waals surface area contributed by atoms with Gasteiger partial charge < -0.3 is 14.6 Å². The van der Waals surface area contributed by atoms with E-state index in [-0.39, 0.29) is 10.5 Å². The molecule has 6 nitrogen and oxygen atoms in total. The van der Waals surface area contributed by atoms with Crippen LogP contribution in [-0.2, 0) is 20.9 Å². The van der Waals surface area contributed by atoms with E-state index >= 15 is 0 Å². The van der Waals surface area contributed by atoms with Crippen LogP contribution in [0.25, 0.3) is 0 Å². The van der Waals surface area contributed by atoms with E-state index in [1.54, 1.807) is 24.3 Å². The Hall–Kier alpha value is -1.19. The predicted molar refractivity (Wildman–Crippen MR) is 78.1 cm³/mol. The molecule has 1 aromatic carbocycles. The first-order valence-electron chi connectivity index (χ1n) is 6.07. The lowest BCUT2D eigenvalue weighted by molar-refractivity contribution is -0.162. The highest BCUT2D eigenvalue weighted by Gasteiger charge is 2.48. The molecule has 0 aromatic heterocycles. The van der Waals surface area contributed by atoms with Gasteiger partial charge in [0, 0.05) is 0 Å². The molecule has 1 aliphatic rings. The molecule has 0 radical (unpaired) electrons. The quantitative estimate of drug-likeness (QED) is 0.350. The lowest BCUT2D eigenvalue weighted by Gasteiger charge is -2.23. The van der Waals surface area contributed by atoms with Gasteiger partial charge in [-0.15, -0.1) is 0 Å². The van der Waals surface area contributed by atoms with Gasteiger partial charge in [-0.3, -0.25) is 5.32 Å². The zero-order chi connectivity index (χ0) is 14.6. The Balaban J connectivity index is 1.84. The van der Waals surface area contributed by atoms with Crippen LogP contribution in [0.3, 0.4) is 0 Å². The molecule has 0 aliphatic carbocycles. The number of esters is 1. The molecule has 1 aromatic rings. The van der Waals surface area contributed by atoms with Crippen molar-refractivity contribution in [2.75, 3.05) is 6.54 Å². The van der Waals surface area contributed by atoms with Gasteiger partial charge in [0.05, 0.1) is 3.92 Å². The maximum Gasteiger partial charge on any atom is 0.516 e. The minimum Gasteiger partial charge on any atom is -0.429 e. The molecule has 2 N–H and O–H groups in total. The van der Waals surface area contributed by atoms with Gasteiger partial charge in [0.2, 0.25) is 5.72 Å². The Morgan fingerprint density at radius 1 is 1.40 bits per heavy atom. The number of nitrogens with one attached hydrogen (secondary N) is 1. The largest absolute Gasteiger partial charge is 0.516 e. The second-order valence-electron chi connectivity index (χ2n) is 4.36. The second-order valence-corrected chi connectivity index (χ2v) is 5.87. The van der Waals surface area contributed by atoms with Crippen LogP contribution in [-0.4, -0.2) is 33.4 Å². The Morgan fingerprint density at radius 2 is 2.10 bits per heavy atom. The van der Waals surface area contributed by atoms with E-state index in [2.05, 4.69) is 10.1 Å². The first-order valence-corrected chi connectivity index (χ1v) is 7.31. The Labute approximate surface area is 129 Å². The van der Waals surface area contributed by atoms with E-state index in [1.165, 1.54) is 0 Å². The van der Waals surface area contributed by atoms with Crippen LogP contribution in [0.1, 0.15) is 12.0 Å². The molecular formula is C13H14INO5. The van der Waals surface area contributed by atoms with Crippen molar-refractivity contribution in [1.82, 2.24) is 5.32 Å². The summed E-state index contributed by atoms with van der Waals surface area (Å²) in [4.78, 5) is 23.2. The number of ether oxygens (including phenoxy) is 2. The minimum atomic E-state index is -1.83. The van der Waals surface area contributed by atoms with E-state index < -0.39 is 17.8 Å². The van der Waals surface area contributed by atoms with Crippen molar-refractivity contribution < 1.29 is 24.2 Å². The summed E-state index contributed by atoms with van der Waals surface area (Å²) in [5.41, 5.74) is -1.05. The van der Waals surface area contributed by atoms with Crippen LogP contribution in [0.15, 0.2) is 30.3 Å². The van der Waals surface area contributed by atoms with E-state index in [0.717, 1.165) is 5.56 Å². The molecule has 20 heavy (non-hydrogen) atoms. The standard InChI is InChI=1S/C13H14INO5/c14-10-6-7-15-13(10,18)11(16)20-12(17)19-8-9-4-2-1-3-5-9/h1-5,10,15,18H,6-8H2/t10?,13-/m1/s1. The van der Waals surface area contributed by atoms with Crippen molar-refractivity contribution in [3.63, 3.8) is 0 Å². The van der Waals surface area contributed by atoms with Crippen LogP contribution in [0.5, 0.6) is 0 Å². The average molecular weight is 391 g/mol. The Kier molecular flexibility index (Phi) is 4.95. The van der Waals surface area contributed by atoms with Gasteiger partial charge in [-0.25, -0.2) is 9.59 Å². The third-order valence-electron chi connectivity index (χ3n) is 2.93. The van der Waals surface area contributed by atoms with Crippen molar-refractivity contribution in [2.45, 2.75) is 22.7 Å². The summed E-state index contributed by atoms with van der Waals surface area (Å²) in [6, 6.07) is 9.01.